The molecule has 0 fully saturated rings. The standard InChI is InChI=1S/C13H8Cl2N4O/c14-9-3-1-4-10(7-9)19-13(20)12(15)11(8-17-19)18-6-2-5-16-18/h1-8H. The molecule has 0 spiro atoms. The summed E-state index contributed by atoms with van der Waals surface area (Å²) in [4.78, 5) is 12.3. The number of benzene rings is 1. The second kappa shape index (κ2) is 5.11. The van der Waals surface area contributed by atoms with Crippen molar-refractivity contribution >= 4 is 23.2 Å². The molecule has 0 saturated carbocycles. The van der Waals surface area contributed by atoms with Crippen LogP contribution < -0.4 is 5.56 Å². The predicted molar refractivity (Wildman–Crippen MR) is 77.0 cm³/mol. The Kier molecular flexibility index (Phi) is 3.30. The van der Waals surface area contributed by atoms with Crippen LogP contribution in [0.4, 0.5) is 0 Å². The van der Waals surface area contributed by atoms with Gasteiger partial charge in [0.25, 0.3) is 5.56 Å². The molecule has 3 aromatic rings. The highest BCUT2D eigenvalue weighted by Crippen LogP contribution is 2.16. The summed E-state index contributed by atoms with van der Waals surface area (Å²) in [6, 6.07) is 8.56. The average Bonchev–Trinajstić information content (AvgIpc) is 2.95. The number of rotatable bonds is 2. The first-order valence-electron chi connectivity index (χ1n) is 5.70. The highest BCUT2D eigenvalue weighted by atomic mass is 35.5. The number of aromatic nitrogens is 4. The Labute approximate surface area is 124 Å². The molecule has 1 aromatic carbocycles. The van der Waals surface area contributed by atoms with Crippen LogP contribution in [0, 0.1) is 0 Å². The van der Waals surface area contributed by atoms with Crippen LogP contribution in [0.25, 0.3) is 11.4 Å². The first kappa shape index (κ1) is 12.9. The maximum Gasteiger partial charge on any atom is 0.292 e. The van der Waals surface area contributed by atoms with Crippen LogP contribution in [-0.2, 0) is 0 Å². The van der Waals surface area contributed by atoms with E-state index >= 15 is 0 Å². The molecular weight excluding hydrogens is 299 g/mol. The van der Waals surface area contributed by atoms with E-state index in [4.69, 9.17) is 23.2 Å². The molecule has 20 heavy (non-hydrogen) atoms. The minimum Gasteiger partial charge on any atom is -0.266 e. The number of hydrogen-bond donors (Lipinski definition) is 0. The molecule has 100 valence electrons. The van der Waals surface area contributed by atoms with E-state index in [0.717, 1.165) is 0 Å². The van der Waals surface area contributed by atoms with E-state index in [-0.39, 0.29) is 5.02 Å². The molecule has 0 aliphatic carbocycles. The fourth-order valence-corrected chi connectivity index (χ4v) is 2.19. The lowest BCUT2D eigenvalue weighted by atomic mass is 10.3. The molecule has 0 radical (unpaired) electrons. The Morgan fingerprint density at radius 3 is 2.65 bits per heavy atom. The third-order valence-corrected chi connectivity index (χ3v) is 3.29. The Balaban J connectivity index is 2.17. The van der Waals surface area contributed by atoms with Gasteiger partial charge in [0.1, 0.15) is 10.7 Å². The molecule has 2 aromatic heterocycles. The molecule has 0 unspecified atom stereocenters. The van der Waals surface area contributed by atoms with E-state index in [0.29, 0.717) is 16.4 Å². The van der Waals surface area contributed by atoms with Gasteiger partial charge in [0.05, 0.1) is 11.9 Å². The van der Waals surface area contributed by atoms with Crippen LogP contribution in [0.3, 0.4) is 0 Å². The first-order chi connectivity index (χ1) is 9.66. The van der Waals surface area contributed by atoms with E-state index in [1.165, 1.54) is 15.6 Å². The molecule has 7 heteroatoms. The molecule has 5 nitrogen and oxygen atoms in total. The minimum absolute atomic E-state index is 0.0451. The van der Waals surface area contributed by atoms with Crippen molar-refractivity contribution in [3.63, 3.8) is 0 Å². The van der Waals surface area contributed by atoms with Crippen molar-refractivity contribution in [2.45, 2.75) is 0 Å². The monoisotopic (exact) mass is 306 g/mol. The van der Waals surface area contributed by atoms with Crippen molar-refractivity contribution < 1.29 is 0 Å². The topological polar surface area (TPSA) is 52.7 Å². The maximum absolute atomic E-state index is 12.3. The van der Waals surface area contributed by atoms with E-state index in [9.17, 15) is 4.79 Å². The van der Waals surface area contributed by atoms with Crippen molar-refractivity contribution in [2.24, 2.45) is 0 Å². The van der Waals surface area contributed by atoms with Crippen LogP contribution in [0.2, 0.25) is 10.0 Å². The van der Waals surface area contributed by atoms with E-state index in [1.54, 1.807) is 42.7 Å². The summed E-state index contributed by atoms with van der Waals surface area (Å²) in [5, 5.41) is 8.70. The highest BCUT2D eigenvalue weighted by Gasteiger charge is 2.12. The second-order valence-corrected chi connectivity index (χ2v) is 4.81. The van der Waals surface area contributed by atoms with Gasteiger partial charge in [0, 0.05) is 17.4 Å². The van der Waals surface area contributed by atoms with Gasteiger partial charge in [0.15, 0.2) is 0 Å². The lowest BCUT2D eigenvalue weighted by Gasteiger charge is -2.08. The van der Waals surface area contributed by atoms with Gasteiger partial charge in [0.2, 0.25) is 0 Å². The zero-order valence-electron chi connectivity index (χ0n) is 10.1. The predicted octanol–water partition coefficient (Wildman–Crippen LogP) is 2.73. The molecular formula is C13H8Cl2N4O. The normalized spacial score (nSPS) is 10.7. The van der Waals surface area contributed by atoms with E-state index < -0.39 is 5.56 Å². The zero-order valence-corrected chi connectivity index (χ0v) is 11.6. The van der Waals surface area contributed by atoms with Gasteiger partial charge >= 0.3 is 0 Å². The molecule has 0 aliphatic heterocycles. The largest absolute Gasteiger partial charge is 0.292 e. The Bertz CT molecular complexity index is 811. The second-order valence-electron chi connectivity index (χ2n) is 3.99. The summed E-state index contributed by atoms with van der Waals surface area (Å²) in [5.41, 5.74) is 0.554. The lowest BCUT2D eigenvalue weighted by Crippen LogP contribution is -2.23. The van der Waals surface area contributed by atoms with Gasteiger partial charge in [-0.2, -0.15) is 14.9 Å². The Morgan fingerprint density at radius 1 is 1.10 bits per heavy atom. The molecule has 0 aliphatic rings. The fourth-order valence-electron chi connectivity index (χ4n) is 1.79. The van der Waals surface area contributed by atoms with Gasteiger partial charge in [-0.05, 0) is 24.3 Å². The van der Waals surface area contributed by atoms with Crippen molar-refractivity contribution in [1.29, 1.82) is 0 Å². The van der Waals surface area contributed by atoms with Crippen molar-refractivity contribution in [3.05, 3.63) is 69.3 Å². The molecule has 0 bridgehead atoms. The van der Waals surface area contributed by atoms with Crippen LogP contribution >= 0.6 is 23.2 Å². The summed E-state index contributed by atoms with van der Waals surface area (Å²) >= 11 is 12.0. The summed E-state index contributed by atoms with van der Waals surface area (Å²) < 4.78 is 2.68. The van der Waals surface area contributed by atoms with Crippen LogP contribution in [0.1, 0.15) is 0 Å². The third-order valence-electron chi connectivity index (χ3n) is 2.70. The molecule has 0 saturated heterocycles. The Morgan fingerprint density at radius 2 is 1.95 bits per heavy atom. The van der Waals surface area contributed by atoms with Crippen LogP contribution in [0.5, 0.6) is 0 Å². The molecule has 3 rings (SSSR count). The summed E-state index contributed by atoms with van der Waals surface area (Å²) in [6.45, 7) is 0. The highest BCUT2D eigenvalue weighted by molar-refractivity contribution is 6.32. The third kappa shape index (κ3) is 2.21. The fraction of sp³-hybridized carbons (Fsp3) is 0. The maximum atomic E-state index is 12.3. The van der Waals surface area contributed by atoms with Crippen LogP contribution in [0.15, 0.2) is 53.7 Å². The van der Waals surface area contributed by atoms with Crippen LogP contribution in [-0.4, -0.2) is 19.6 Å². The number of hydrogen-bond acceptors (Lipinski definition) is 3. The van der Waals surface area contributed by atoms with Crippen molar-refractivity contribution in [2.75, 3.05) is 0 Å². The van der Waals surface area contributed by atoms with Gasteiger partial charge in [-0.25, -0.2) is 4.68 Å². The van der Waals surface area contributed by atoms with Crippen molar-refractivity contribution in [3.8, 4) is 11.4 Å². The van der Waals surface area contributed by atoms with Gasteiger partial charge in [-0.15, -0.1) is 0 Å². The molecule has 0 atom stereocenters. The molecule has 0 N–H and O–H groups in total. The van der Waals surface area contributed by atoms with Gasteiger partial charge in [-0.1, -0.05) is 29.3 Å². The minimum atomic E-state index is -0.429. The summed E-state index contributed by atoms with van der Waals surface area (Å²) in [6.07, 6.45) is 4.77. The smallest absolute Gasteiger partial charge is 0.266 e. The first-order valence-corrected chi connectivity index (χ1v) is 6.46. The lowest BCUT2D eigenvalue weighted by molar-refractivity contribution is 0.779. The van der Waals surface area contributed by atoms with Gasteiger partial charge in [-0.3, -0.25) is 4.79 Å². The molecule has 0 amide bonds. The number of nitrogens with zero attached hydrogens (tertiary/aromatic N) is 4. The Hall–Kier alpha value is -2.11. The number of halogens is 2. The molecule has 2 heterocycles. The van der Waals surface area contributed by atoms with Crippen molar-refractivity contribution in [1.82, 2.24) is 19.6 Å². The quantitative estimate of drug-likeness (QED) is 0.731. The van der Waals surface area contributed by atoms with E-state index in [2.05, 4.69) is 10.2 Å². The SMILES string of the molecule is O=c1c(Cl)c(-n2cccn2)cnn1-c1cccc(Cl)c1. The van der Waals surface area contributed by atoms with E-state index in [1.807, 2.05) is 0 Å². The van der Waals surface area contributed by atoms with Gasteiger partial charge < -0.3 is 0 Å². The summed E-state index contributed by atoms with van der Waals surface area (Å²) in [5.74, 6) is 0. The average molecular weight is 307 g/mol. The zero-order chi connectivity index (χ0) is 14.1. The summed E-state index contributed by atoms with van der Waals surface area (Å²) in [7, 11) is 0.